The van der Waals surface area contributed by atoms with E-state index in [2.05, 4.69) is 0 Å². The van der Waals surface area contributed by atoms with Gasteiger partial charge in [-0.3, -0.25) is 4.79 Å². The number of hydrogen-bond acceptors (Lipinski definition) is 1. The van der Waals surface area contributed by atoms with E-state index in [9.17, 15) is 9.18 Å². The van der Waals surface area contributed by atoms with Crippen molar-refractivity contribution in [3.05, 3.63) is 70.5 Å². The van der Waals surface area contributed by atoms with Crippen LogP contribution in [-0.4, -0.2) is 23.4 Å². The van der Waals surface area contributed by atoms with E-state index in [-0.39, 0.29) is 17.8 Å². The number of aryl methyl sites for hydroxylation is 1. The number of nitrogens with zero attached hydrogens (tertiary/aromatic N) is 1. The molecule has 0 N–H and O–H groups in total. The van der Waals surface area contributed by atoms with E-state index >= 15 is 0 Å². The van der Waals surface area contributed by atoms with Crippen molar-refractivity contribution in [2.75, 3.05) is 6.54 Å². The van der Waals surface area contributed by atoms with Crippen molar-refractivity contribution in [2.45, 2.75) is 39.2 Å². The lowest BCUT2D eigenvalue weighted by Gasteiger charge is -2.26. The topological polar surface area (TPSA) is 20.3 Å². The summed E-state index contributed by atoms with van der Waals surface area (Å²) >= 11 is 0. The second-order valence-corrected chi connectivity index (χ2v) is 6.38. The molecule has 1 fully saturated rings. The fourth-order valence-corrected chi connectivity index (χ4v) is 3.39. The van der Waals surface area contributed by atoms with Gasteiger partial charge in [-0.2, -0.15) is 0 Å². The first kappa shape index (κ1) is 15.7. The van der Waals surface area contributed by atoms with E-state index in [1.807, 2.05) is 43.0 Å². The Hall–Kier alpha value is -2.16. The molecule has 0 spiro atoms. The van der Waals surface area contributed by atoms with Crippen LogP contribution in [0.25, 0.3) is 0 Å². The first-order valence-electron chi connectivity index (χ1n) is 8.18. The second-order valence-electron chi connectivity index (χ2n) is 6.38. The van der Waals surface area contributed by atoms with Gasteiger partial charge in [-0.1, -0.05) is 24.3 Å². The number of carbonyl (C=O) groups is 1. The number of amides is 1. The van der Waals surface area contributed by atoms with Gasteiger partial charge in [0.05, 0.1) is 0 Å². The molecule has 0 radical (unpaired) electrons. The highest BCUT2D eigenvalue weighted by Crippen LogP contribution is 2.25. The summed E-state index contributed by atoms with van der Waals surface area (Å²) in [6, 6.07) is 12.7. The van der Waals surface area contributed by atoms with Crippen molar-refractivity contribution < 1.29 is 9.18 Å². The van der Waals surface area contributed by atoms with Crippen molar-refractivity contribution >= 4 is 5.91 Å². The van der Waals surface area contributed by atoms with Crippen LogP contribution < -0.4 is 0 Å². The highest BCUT2D eigenvalue weighted by atomic mass is 19.1. The van der Waals surface area contributed by atoms with E-state index in [0.29, 0.717) is 6.42 Å². The molecule has 1 heterocycles. The number of likely N-dealkylation sites (tertiary alicyclic amines) is 1. The van der Waals surface area contributed by atoms with Gasteiger partial charge in [0.15, 0.2) is 0 Å². The van der Waals surface area contributed by atoms with E-state index in [0.717, 1.165) is 41.6 Å². The zero-order valence-corrected chi connectivity index (χ0v) is 13.7. The highest BCUT2D eigenvalue weighted by molar-refractivity contribution is 5.96. The van der Waals surface area contributed by atoms with Gasteiger partial charge in [0.25, 0.3) is 5.91 Å². The number of rotatable bonds is 3. The number of hydrogen-bond donors (Lipinski definition) is 0. The fraction of sp³-hybridized carbons (Fsp3) is 0.350. The van der Waals surface area contributed by atoms with Crippen molar-refractivity contribution in [1.82, 2.24) is 4.90 Å². The summed E-state index contributed by atoms with van der Waals surface area (Å²) < 4.78 is 13.4. The first-order valence-corrected chi connectivity index (χ1v) is 8.18. The second kappa shape index (κ2) is 6.53. The standard InChI is InChI=1S/C20H22FNO/c1-14-6-3-10-19(15(14)2)20(23)22-11-5-9-18(22)13-16-7-4-8-17(21)12-16/h3-4,6-8,10,12,18H,5,9,11,13H2,1-2H3. The summed E-state index contributed by atoms with van der Waals surface area (Å²) in [4.78, 5) is 14.9. The van der Waals surface area contributed by atoms with Gasteiger partial charge in [0.1, 0.15) is 5.82 Å². The predicted molar refractivity (Wildman–Crippen MR) is 90.1 cm³/mol. The molecule has 1 amide bonds. The van der Waals surface area contributed by atoms with Crippen LogP contribution in [0, 0.1) is 19.7 Å². The maximum Gasteiger partial charge on any atom is 0.254 e. The van der Waals surface area contributed by atoms with Gasteiger partial charge < -0.3 is 4.90 Å². The van der Waals surface area contributed by atoms with Crippen LogP contribution in [0.15, 0.2) is 42.5 Å². The van der Waals surface area contributed by atoms with Crippen LogP contribution in [-0.2, 0) is 6.42 Å². The quantitative estimate of drug-likeness (QED) is 0.828. The lowest BCUT2D eigenvalue weighted by Crippen LogP contribution is -2.37. The third-order valence-corrected chi connectivity index (χ3v) is 4.83. The minimum Gasteiger partial charge on any atom is -0.335 e. The summed E-state index contributed by atoms with van der Waals surface area (Å²) in [5.41, 5.74) is 3.93. The van der Waals surface area contributed by atoms with Crippen LogP contribution >= 0.6 is 0 Å². The summed E-state index contributed by atoms with van der Waals surface area (Å²) in [5, 5.41) is 0. The molecule has 0 bridgehead atoms. The SMILES string of the molecule is Cc1cccc(C(=O)N2CCCC2Cc2cccc(F)c2)c1C. The molecule has 3 heteroatoms. The molecule has 0 aliphatic carbocycles. The van der Waals surface area contributed by atoms with Gasteiger partial charge in [0, 0.05) is 18.2 Å². The van der Waals surface area contributed by atoms with Gasteiger partial charge in [-0.25, -0.2) is 4.39 Å². The van der Waals surface area contributed by atoms with Gasteiger partial charge in [-0.05, 0) is 68.0 Å². The average molecular weight is 311 g/mol. The molecule has 1 saturated heterocycles. The molecule has 2 aromatic rings. The molecule has 1 aliphatic heterocycles. The third-order valence-electron chi connectivity index (χ3n) is 4.83. The lowest BCUT2D eigenvalue weighted by molar-refractivity contribution is 0.0735. The van der Waals surface area contributed by atoms with Crippen molar-refractivity contribution in [3.63, 3.8) is 0 Å². The molecule has 1 unspecified atom stereocenters. The number of halogens is 1. The highest BCUT2D eigenvalue weighted by Gasteiger charge is 2.30. The van der Waals surface area contributed by atoms with Crippen LogP contribution in [0.4, 0.5) is 4.39 Å². The normalized spacial score (nSPS) is 17.5. The maximum absolute atomic E-state index is 13.4. The third kappa shape index (κ3) is 3.29. The van der Waals surface area contributed by atoms with Crippen molar-refractivity contribution in [2.24, 2.45) is 0 Å². The van der Waals surface area contributed by atoms with E-state index in [1.165, 1.54) is 6.07 Å². The summed E-state index contributed by atoms with van der Waals surface area (Å²) in [5.74, 6) is -0.113. The molecule has 120 valence electrons. The van der Waals surface area contributed by atoms with Crippen LogP contribution in [0.1, 0.15) is 39.9 Å². The fourth-order valence-electron chi connectivity index (χ4n) is 3.39. The minimum absolute atomic E-state index is 0.102. The van der Waals surface area contributed by atoms with Crippen LogP contribution in [0.3, 0.4) is 0 Å². The molecule has 0 saturated carbocycles. The van der Waals surface area contributed by atoms with E-state index in [4.69, 9.17) is 0 Å². The number of carbonyl (C=O) groups excluding carboxylic acids is 1. The Bertz CT molecular complexity index is 725. The zero-order chi connectivity index (χ0) is 16.4. The largest absolute Gasteiger partial charge is 0.335 e. The van der Waals surface area contributed by atoms with Gasteiger partial charge in [0.2, 0.25) is 0 Å². The Balaban J connectivity index is 1.81. The smallest absolute Gasteiger partial charge is 0.254 e. The Labute approximate surface area is 136 Å². The Morgan fingerprint density at radius 3 is 2.78 bits per heavy atom. The first-order chi connectivity index (χ1) is 11.1. The van der Waals surface area contributed by atoms with E-state index < -0.39 is 0 Å². The Morgan fingerprint density at radius 2 is 2.00 bits per heavy atom. The van der Waals surface area contributed by atoms with Crippen LogP contribution in [0.2, 0.25) is 0 Å². The molecule has 2 aromatic carbocycles. The molecular formula is C20H22FNO. The van der Waals surface area contributed by atoms with Gasteiger partial charge >= 0.3 is 0 Å². The molecule has 3 rings (SSSR count). The maximum atomic E-state index is 13.4. The summed E-state index contributed by atoms with van der Waals surface area (Å²) in [6.45, 7) is 4.81. The molecule has 1 aliphatic rings. The molecule has 1 atom stereocenters. The lowest BCUT2D eigenvalue weighted by atomic mass is 10.0. The number of benzene rings is 2. The van der Waals surface area contributed by atoms with Crippen LogP contribution in [0.5, 0.6) is 0 Å². The Kier molecular flexibility index (Phi) is 4.46. The average Bonchev–Trinajstić information content (AvgIpc) is 2.97. The van der Waals surface area contributed by atoms with Crippen molar-refractivity contribution in [1.29, 1.82) is 0 Å². The summed E-state index contributed by atoms with van der Waals surface area (Å²) in [6.07, 6.45) is 2.71. The molecular weight excluding hydrogens is 289 g/mol. The molecule has 23 heavy (non-hydrogen) atoms. The zero-order valence-electron chi connectivity index (χ0n) is 13.7. The Morgan fingerprint density at radius 1 is 1.22 bits per heavy atom. The monoisotopic (exact) mass is 311 g/mol. The molecule has 2 nitrogen and oxygen atoms in total. The predicted octanol–water partition coefficient (Wildman–Crippen LogP) is 4.29. The van der Waals surface area contributed by atoms with Crippen molar-refractivity contribution in [3.8, 4) is 0 Å². The summed E-state index contributed by atoms with van der Waals surface area (Å²) in [7, 11) is 0. The van der Waals surface area contributed by atoms with E-state index in [1.54, 1.807) is 12.1 Å². The molecule has 0 aromatic heterocycles. The van der Waals surface area contributed by atoms with Gasteiger partial charge in [-0.15, -0.1) is 0 Å². The minimum atomic E-state index is -0.215.